The Morgan fingerprint density at radius 2 is 1.79 bits per heavy atom. The van der Waals surface area contributed by atoms with Crippen LogP contribution in [0.1, 0.15) is 45.5 Å². The number of carbonyl (C=O) groups is 1. The van der Waals surface area contributed by atoms with Crippen LogP contribution in [0.5, 0.6) is 0 Å². The fraction of sp³-hybridized carbons (Fsp3) is 0.435. The highest BCUT2D eigenvalue weighted by molar-refractivity contribution is 7.89. The minimum Gasteiger partial charge on any atom is -0.352 e. The number of aryl methyl sites for hydroxylation is 4. The SMILES string of the molecule is Cc1cccc(C(=O)NCC2CCCN(S(=O)(=O)c3cc(C)c(C)cc3C)C2)c1. The van der Waals surface area contributed by atoms with E-state index in [0.717, 1.165) is 35.1 Å². The van der Waals surface area contributed by atoms with Crippen molar-refractivity contribution in [1.82, 2.24) is 9.62 Å². The van der Waals surface area contributed by atoms with Crippen LogP contribution in [0.15, 0.2) is 41.3 Å². The predicted molar refractivity (Wildman–Crippen MR) is 116 cm³/mol. The summed E-state index contributed by atoms with van der Waals surface area (Å²) in [5.74, 6) is -0.00202. The van der Waals surface area contributed by atoms with Gasteiger partial charge in [-0.25, -0.2) is 8.42 Å². The second-order valence-corrected chi connectivity index (χ2v) is 10.1. The molecule has 1 atom stereocenters. The van der Waals surface area contributed by atoms with Crippen LogP contribution >= 0.6 is 0 Å². The van der Waals surface area contributed by atoms with E-state index in [1.165, 1.54) is 0 Å². The van der Waals surface area contributed by atoms with E-state index >= 15 is 0 Å². The number of hydrogen-bond donors (Lipinski definition) is 1. The van der Waals surface area contributed by atoms with Crippen molar-refractivity contribution in [1.29, 1.82) is 0 Å². The molecular weight excluding hydrogens is 384 g/mol. The van der Waals surface area contributed by atoms with E-state index in [4.69, 9.17) is 0 Å². The summed E-state index contributed by atoms with van der Waals surface area (Å²) in [5, 5.41) is 2.98. The highest BCUT2D eigenvalue weighted by Crippen LogP contribution is 2.27. The van der Waals surface area contributed by atoms with Crippen molar-refractivity contribution in [3.05, 3.63) is 64.2 Å². The molecule has 1 unspecified atom stereocenters. The third-order valence-electron chi connectivity index (χ3n) is 5.72. The van der Waals surface area contributed by atoms with Crippen molar-refractivity contribution in [3.8, 4) is 0 Å². The molecule has 2 aromatic rings. The van der Waals surface area contributed by atoms with E-state index in [2.05, 4.69) is 5.32 Å². The van der Waals surface area contributed by atoms with Gasteiger partial charge in [0, 0.05) is 25.2 Å². The van der Waals surface area contributed by atoms with Crippen molar-refractivity contribution in [2.45, 2.75) is 45.4 Å². The highest BCUT2D eigenvalue weighted by atomic mass is 32.2. The third kappa shape index (κ3) is 4.87. The smallest absolute Gasteiger partial charge is 0.251 e. The van der Waals surface area contributed by atoms with E-state index < -0.39 is 10.0 Å². The van der Waals surface area contributed by atoms with E-state index in [-0.39, 0.29) is 11.8 Å². The van der Waals surface area contributed by atoms with Crippen LogP contribution in [0.2, 0.25) is 0 Å². The van der Waals surface area contributed by atoms with Crippen LogP contribution in [0.25, 0.3) is 0 Å². The molecule has 1 N–H and O–H groups in total. The van der Waals surface area contributed by atoms with Crippen LogP contribution in [-0.2, 0) is 10.0 Å². The van der Waals surface area contributed by atoms with Gasteiger partial charge in [0.05, 0.1) is 4.90 Å². The Kier molecular flexibility index (Phi) is 6.44. The monoisotopic (exact) mass is 414 g/mol. The van der Waals surface area contributed by atoms with E-state index in [1.54, 1.807) is 16.4 Å². The minimum atomic E-state index is -3.54. The summed E-state index contributed by atoms with van der Waals surface area (Å²) in [5.41, 5.74) is 4.53. The first kappa shape index (κ1) is 21.5. The molecule has 0 spiro atoms. The Morgan fingerprint density at radius 1 is 1.07 bits per heavy atom. The summed E-state index contributed by atoms with van der Waals surface area (Å²) in [7, 11) is -3.54. The number of rotatable bonds is 5. The molecular formula is C23H30N2O3S. The van der Waals surface area contributed by atoms with Crippen molar-refractivity contribution < 1.29 is 13.2 Å². The van der Waals surface area contributed by atoms with Gasteiger partial charge < -0.3 is 5.32 Å². The third-order valence-corrected chi connectivity index (χ3v) is 7.73. The molecule has 0 aliphatic carbocycles. The number of hydrogen-bond acceptors (Lipinski definition) is 3. The van der Waals surface area contributed by atoms with Gasteiger partial charge in [0.1, 0.15) is 0 Å². The second-order valence-electron chi connectivity index (χ2n) is 8.15. The first-order chi connectivity index (χ1) is 13.7. The summed E-state index contributed by atoms with van der Waals surface area (Å²) in [4.78, 5) is 12.8. The maximum absolute atomic E-state index is 13.3. The van der Waals surface area contributed by atoms with E-state index in [1.807, 2.05) is 52.0 Å². The number of nitrogens with zero attached hydrogens (tertiary/aromatic N) is 1. The predicted octanol–water partition coefficient (Wildman–Crippen LogP) is 3.75. The lowest BCUT2D eigenvalue weighted by molar-refractivity contribution is 0.0941. The van der Waals surface area contributed by atoms with E-state index in [9.17, 15) is 13.2 Å². The molecule has 1 saturated heterocycles. The zero-order valence-corrected chi connectivity index (χ0v) is 18.5. The Bertz CT molecular complexity index is 1010. The molecule has 0 bridgehead atoms. The van der Waals surface area contributed by atoms with Crippen molar-refractivity contribution in [2.75, 3.05) is 19.6 Å². The summed E-state index contributed by atoms with van der Waals surface area (Å²) in [6.07, 6.45) is 1.71. The Hall–Kier alpha value is -2.18. The summed E-state index contributed by atoms with van der Waals surface area (Å²) in [6, 6.07) is 11.2. The van der Waals surface area contributed by atoms with Gasteiger partial charge in [-0.3, -0.25) is 4.79 Å². The molecule has 1 aliphatic rings. The van der Waals surface area contributed by atoms with Gasteiger partial charge in [-0.05, 0) is 81.3 Å². The van der Waals surface area contributed by atoms with Gasteiger partial charge in [0.2, 0.25) is 10.0 Å². The molecule has 5 nitrogen and oxygen atoms in total. The Balaban J connectivity index is 1.69. The van der Waals surface area contributed by atoms with Crippen molar-refractivity contribution in [2.24, 2.45) is 5.92 Å². The number of benzene rings is 2. The van der Waals surface area contributed by atoms with Gasteiger partial charge >= 0.3 is 0 Å². The number of sulfonamides is 1. The molecule has 1 fully saturated rings. The maximum Gasteiger partial charge on any atom is 0.251 e. The lowest BCUT2D eigenvalue weighted by Crippen LogP contribution is -2.43. The van der Waals surface area contributed by atoms with Crippen LogP contribution < -0.4 is 5.32 Å². The van der Waals surface area contributed by atoms with Crippen LogP contribution in [0.3, 0.4) is 0 Å². The zero-order valence-electron chi connectivity index (χ0n) is 17.7. The molecule has 156 valence electrons. The summed E-state index contributed by atoms with van der Waals surface area (Å²) >= 11 is 0. The topological polar surface area (TPSA) is 66.5 Å². The molecule has 0 aromatic heterocycles. The number of amides is 1. The highest BCUT2D eigenvalue weighted by Gasteiger charge is 2.31. The fourth-order valence-corrected chi connectivity index (χ4v) is 5.73. The number of nitrogens with one attached hydrogen (secondary N) is 1. The fourth-order valence-electron chi connectivity index (χ4n) is 3.89. The quantitative estimate of drug-likeness (QED) is 0.810. The molecule has 3 rings (SSSR count). The minimum absolute atomic E-state index is 0.110. The van der Waals surface area contributed by atoms with Gasteiger partial charge in [0.15, 0.2) is 0 Å². The second kappa shape index (κ2) is 8.67. The van der Waals surface area contributed by atoms with Crippen LogP contribution in [0, 0.1) is 33.6 Å². The molecule has 1 amide bonds. The van der Waals surface area contributed by atoms with Crippen molar-refractivity contribution >= 4 is 15.9 Å². The first-order valence-corrected chi connectivity index (χ1v) is 11.6. The van der Waals surface area contributed by atoms with Gasteiger partial charge in [0.25, 0.3) is 5.91 Å². The average Bonchev–Trinajstić information content (AvgIpc) is 2.69. The van der Waals surface area contributed by atoms with Crippen molar-refractivity contribution in [3.63, 3.8) is 0 Å². The molecule has 2 aromatic carbocycles. The van der Waals surface area contributed by atoms with Gasteiger partial charge in [-0.1, -0.05) is 23.8 Å². The first-order valence-electron chi connectivity index (χ1n) is 10.1. The summed E-state index contributed by atoms with van der Waals surface area (Å²) in [6.45, 7) is 9.17. The molecule has 0 radical (unpaired) electrons. The number of piperidine rings is 1. The molecule has 0 saturated carbocycles. The lowest BCUT2D eigenvalue weighted by atomic mass is 9.99. The zero-order chi connectivity index (χ0) is 21.2. The summed E-state index contributed by atoms with van der Waals surface area (Å²) < 4.78 is 28.1. The lowest BCUT2D eigenvalue weighted by Gasteiger charge is -2.32. The molecule has 29 heavy (non-hydrogen) atoms. The molecule has 1 heterocycles. The Morgan fingerprint density at radius 3 is 2.52 bits per heavy atom. The maximum atomic E-state index is 13.3. The van der Waals surface area contributed by atoms with Crippen LogP contribution in [-0.4, -0.2) is 38.3 Å². The molecule has 6 heteroatoms. The van der Waals surface area contributed by atoms with Gasteiger partial charge in [-0.2, -0.15) is 4.31 Å². The Labute approximate surface area is 174 Å². The number of carbonyl (C=O) groups excluding carboxylic acids is 1. The standard InChI is InChI=1S/C23H30N2O3S/c1-16-7-5-9-21(11-16)23(26)24-14-20-8-6-10-25(15-20)29(27,28)22-13-18(3)17(2)12-19(22)4/h5,7,9,11-13,20H,6,8,10,14-15H2,1-4H3,(H,24,26). The largest absolute Gasteiger partial charge is 0.352 e. The normalized spacial score (nSPS) is 17.9. The van der Waals surface area contributed by atoms with Crippen LogP contribution in [0.4, 0.5) is 0 Å². The van der Waals surface area contributed by atoms with E-state index in [0.29, 0.717) is 30.1 Å². The molecule has 1 aliphatic heterocycles. The average molecular weight is 415 g/mol. The van der Waals surface area contributed by atoms with Gasteiger partial charge in [-0.15, -0.1) is 0 Å².